The van der Waals surface area contributed by atoms with E-state index in [1.165, 1.54) is 7.11 Å². The van der Waals surface area contributed by atoms with Crippen LogP contribution in [0, 0.1) is 11.3 Å². The Kier molecular flexibility index (Phi) is 6.15. The number of amides is 2. The Morgan fingerprint density at radius 2 is 1.96 bits per heavy atom. The third-order valence-electron chi connectivity index (χ3n) is 3.60. The number of nitrogens with one attached hydrogen (secondary N) is 2. The highest BCUT2D eigenvalue weighted by atomic mass is 16.5. The zero-order valence-electron chi connectivity index (χ0n) is 13.4. The molecule has 0 aliphatic heterocycles. The van der Waals surface area contributed by atoms with Gasteiger partial charge in [-0.3, -0.25) is 4.79 Å². The van der Waals surface area contributed by atoms with Gasteiger partial charge in [0.15, 0.2) is 0 Å². The minimum absolute atomic E-state index is 0.0683. The van der Waals surface area contributed by atoms with E-state index in [9.17, 15) is 9.59 Å². The maximum Gasteiger partial charge on any atom is 0.407 e. The van der Waals surface area contributed by atoms with E-state index in [1.54, 1.807) is 0 Å². The van der Waals surface area contributed by atoms with Gasteiger partial charge < -0.3 is 15.4 Å². The van der Waals surface area contributed by atoms with Crippen LogP contribution in [-0.4, -0.2) is 25.7 Å². The summed E-state index contributed by atoms with van der Waals surface area (Å²) in [6, 6.07) is 15.1. The summed E-state index contributed by atoms with van der Waals surface area (Å²) >= 11 is 0. The molecule has 1 atom stereocenters. The zero-order valence-corrected chi connectivity index (χ0v) is 13.4. The fourth-order valence-electron chi connectivity index (χ4n) is 2.39. The van der Waals surface area contributed by atoms with Crippen molar-refractivity contribution in [2.75, 3.05) is 13.7 Å². The second-order valence-electron chi connectivity index (χ2n) is 5.26. The summed E-state index contributed by atoms with van der Waals surface area (Å²) in [4.78, 5) is 23.6. The number of ether oxygens (including phenoxy) is 1. The topological polar surface area (TPSA) is 91.2 Å². The van der Waals surface area contributed by atoms with E-state index < -0.39 is 12.1 Å². The van der Waals surface area contributed by atoms with Crippen LogP contribution in [-0.2, 0) is 9.53 Å². The second-order valence-corrected chi connectivity index (χ2v) is 5.26. The van der Waals surface area contributed by atoms with E-state index in [1.807, 2.05) is 48.5 Å². The van der Waals surface area contributed by atoms with Gasteiger partial charge in [-0.1, -0.05) is 36.4 Å². The van der Waals surface area contributed by atoms with Crippen molar-refractivity contribution in [1.82, 2.24) is 10.6 Å². The van der Waals surface area contributed by atoms with Gasteiger partial charge in [0.05, 0.1) is 32.1 Å². The fourth-order valence-corrected chi connectivity index (χ4v) is 2.39. The Hall–Kier alpha value is -3.07. The van der Waals surface area contributed by atoms with Crippen molar-refractivity contribution in [2.45, 2.75) is 18.9 Å². The summed E-state index contributed by atoms with van der Waals surface area (Å²) in [5.41, 5.74) is 0.814. The van der Waals surface area contributed by atoms with E-state index in [0.29, 0.717) is 0 Å². The van der Waals surface area contributed by atoms with Crippen LogP contribution in [0.2, 0.25) is 0 Å². The van der Waals surface area contributed by atoms with Crippen LogP contribution in [0.4, 0.5) is 4.79 Å². The molecular weight excluding hydrogens is 306 g/mol. The molecule has 0 fully saturated rings. The lowest BCUT2D eigenvalue weighted by atomic mass is 9.99. The molecule has 6 nitrogen and oxygen atoms in total. The molecule has 2 N–H and O–H groups in total. The number of nitrogens with zero attached hydrogens (tertiary/aromatic N) is 1. The van der Waals surface area contributed by atoms with Crippen molar-refractivity contribution < 1.29 is 14.3 Å². The normalized spacial score (nSPS) is 11.3. The van der Waals surface area contributed by atoms with E-state index in [2.05, 4.69) is 15.4 Å². The predicted molar refractivity (Wildman–Crippen MR) is 90.1 cm³/mol. The lowest BCUT2D eigenvalue weighted by Crippen LogP contribution is -2.34. The summed E-state index contributed by atoms with van der Waals surface area (Å²) < 4.78 is 4.64. The molecule has 0 aromatic heterocycles. The maximum atomic E-state index is 12.0. The van der Waals surface area contributed by atoms with Crippen molar-refractivity contribution in [1.29, 1.82) is 5.26 Å². The first-order chi connectivity index (χ1) is 11.6. The molecule has 2 aromatic carbocycles. The van der Waals surface area contributed by atoms with E-state index in [0.717, 1.165) is 16.3 Å². The quantitative estimate of drug-likeness (QED) is 0.799. The highest BCUT2D eigenvalue weighted by Crippen LogP contribution is 2.22. The molecule has 0 heterocycles. The van der Waals surface area contributed by atoms with Gasteiger partial charge in [-0.2, -0.15) is 5.26 Å². The Balaban J connectivity index is 2.18. The number of hydrogen-bond donors (Lipinski definition) is 2. The predicted octanol–water partition coefficient (Wildman–Crippen LogP) is 2.66. The fraction of sp³-hybridized carbons (Fsp3) is 0.278. The molecule has 2 amide bonds. The largest absolute Gasteiger partial charge is 0.453 e. The molecule has 0 bridgehead atoms. The summed E-state index contributed by atoms with van der Waals surface area (Å²) in [6.45, 7) is 0.290. The van der Waals surface area contributed by atoms with Crippen LogP contribution in [0.1, 0.15) is 24.4 Å². The Bertz CT molecular complexity index is 767. The van der Waals surface area contributed by atoms with Crippen molar-refractivity contribution in [3.05, 3.63) is 48.0 Å². The Labute approximate surface area is 140 Å². The molecule has 0 radical (unpaired) electrons. The third-order valence-corrected chi connectivity index (χ3v) is 3.60. The first-order valence-electron chi connectivity index (χ1n) is 7.61. The molecule has 0 aliphatic rings. The van der Waals surface area contributed by atoms with Crippen LogP contribution in [0.15, 0.2) is 42.5 Å². The number of benzene rings is 2. The van der Waals surface area contributed by atoms with Crippen molar-refractivity contribution >= 4 is 22.8 Å². The van der Waals surface area contributed by atoms with Gasteiger partial charge in [0.2, 0.25) is 5.91 Å². The molecule has 2 rings (SSSR count). The van der Waals surface area contributed by atoms with Crippen molar-refractivity contribution in [3.8, 4) is 6.07 Å². The summed E-state index contributed by atoms with van der Waals surface area (Å²) in [5, 5.41) is 16.0. The average Bonchev–Trinajstić information content (AvgIpc) is 2.60. The SMILES string of the molecule is COC(=O)NC(CC(=O)NCCC#N)c1ccc2ccccc2c1. The van der Waals surface area contributed by atoms with Crippen molar-refractivity contribution in [3.63, 3.8) is 0 Å². The van der Waals surface area contributed by atoms with Crippen molar-refractivity contribution in [2.24, 2.45) is 0 Å². The van der Waals surface area contributed by atoms with Crippen LogP contribution in [0.5, 0.6) is 0 Å². The van der Waals surface area contributed by atoms with Crippen LogP contribution >= 0.6 is 0 Å². The van der Waals surface area contributed by atoms with E-state index >= 15 is 0 Å². The Morgan fingerprint density at radius 3 is 2.67 bits per heavy atom. The molecule has 0 aliphatic carbocycles. The molecule has 0 saturated carbocycles. The zero-order chi connectivity index (χ0) is 17.4. The first-order valence-corrected chi connectivity index (χ1v) is 7.61. The smallest absolute Gasteiger partial charge is 0.407 e. The number of carbonyl (C=O) groups excluding carboxylic acids is 2. The van der Waals surface area contributed by atoms with Gasteiger partial charge in [0, 0.05) is 6.54 Å². The molecular formula is C18H19N3O3. The minimum Gasteiger partial charge on any atom is -0.453 e. The highest BCUT2D eigenvalue weighted by molar-refractivity contribution is 5.84. The molecule has 2 aromatic rings. The van der Waals surface area contributed by atoms with Gasteiger partial charge >= 0.3 is 6.09 Å². The summed E-state index contributed by atoms with van der Waals surface area (Å²) in [6.07, 6.45) is -0.284. The van der Waals surface area contributed by atoms with E-state index in [4.69, 9.17) is 5.26 Å². The molecule has 24 heavy (non-hydrogen) atoms. The van der Waals surface area contributed by atoms with Gasteiger partial charge in [0.1, 0.15) is 0 Å². The van der Waals surface area contributed by atoms with Gasteiger partial charge in [-0.15, -0.1) is 0 Å². The second kappa shape index (κ2) is 8.53. The molecule has 1 unspecified atom stereocenters. The highest BCUT2D eigenvalue weighted by Gasteiger charge is 2.19. The molecule has 124 valence electrons. The molecule has 0 spiro atoms. The number of methoxy groups -OCH3 is 1. The lowest BCUT2D eigenvalue weighted by molar-refractivity contribution is -0.121. The van der Waals surface area contributed by atoms with Gasteiger partial charge in [-0.05, 0) is 22.4 Å². The first kappa shape index (κ1) is 17.3. The lowest BCUT2D eigenvalue weighted by Gasteiger charge is -2.18. The van der Waals surface area contributed by atoms with Gasteiger partial charge in [-0.25, -0.2) is 4.79 Å². The van der Waals surface area contributed by atoms with Gasteiger partial charge in [0.25, 0.3) is 0 Å². The van der Waals surface area contributed by atoms with Crippen LogP contribution in [0.25, 0.3) is 10.8 Å². The minimum atomic E-state index is -0.599. The number of carbonyl (C=O) groups is 2. The average molecular weight is 325 g/mol. The standard InChI is InChI=1S/C18H19N3O3/c1-24-18(23)21-16(12-17(22)20-10-4-9-19)15-8-7-13-5-2-3-6-14(13)11-15/h2-3,5-8,11,16H,4,10,12H2,1H3,(H,20,22)(H,21,23). The third kappa shape index (κ3) is 4.71. The molecule has 6 heteroatoms. The monoisotopic (exact) mass is 325 g/mol. The van der Waals surface area contributed by atoms with Crippen LogP contribution < -0.4 is 10.6 Å². The number of alkyl carbamates (subject to hydrolysis) is 1. The number of fused-ring (bicyclic) bond motifs is 1. The number of hydrogen-bond acceptors (Lipinski definition) is 4. The van der Waals surface area contributed by atoms with Crippen LogP contribution in [0.3, 0.4) is 0 Å². The maximum absolute atomic E-state index is 12.0. The summed E-state index contributed by atoms with van der Waals surface area (Å²) in [5.74, 6) is -0.236. The molecule has 0 saturated heterocycles. The number of rotatable bonds is 6. The number of nitriles is 1. The Morgan fingerprint density at radius 1 is 1.21 bits per heavy atom. The summed E-state index contributed by atoms with van der Waals surface area (Å²) in [7, 11) is 1.28. The van der Waals surface area contributed by atoms with E-state index in [-0.39, 0.29) is 25.3 Å².